The molecular formula is C17H13N3. The van der Waals surface area contributed by atoms with Gasteiger partial charge in [0.25, 0.3) is 0 Å². The van der Waals surface area contributed by atoms with Crippen LogP contribution in [0.25, 0.3) is 16.6 Å². The fraction of sp³-hybridized carbons (Fsp3) is 0.176. The Balaban J connectivity index is 1.87. The number of hydrogen-bond acceptors (Lipinski definition) is 2. The van der Waals surface area contributed by atoms with Crippen molar-refractivity contribution in [2.45, 2.75) is 18.8 Å². The van der Waals surface area contributed by atoms with Crippen LogP contribution in [0.2, 0.25) is 0 Å². The predicted octanol–water partition coefficient (Wildman–Crippen LogP) is 3.77. The average molecular weight is 259 g/mol. The number of hydrogen-bond donors (Lipinski definition) is 0. The van der Waals surface area contributed by atoms with Crippen LogP contribution in [0.15, 0.2) is 48.7 Å². The lowest BCUT2D eigenvalue weighted by Crippen LogP contribution is -1.95. The van der Waals surface area contributed by atoms with Crippen molar-refractivity contribution in [2.24, 2.45) is 0 Å². The maximum atomic E-state index is 8.86. The molecule has 0 atom stereocenters. The third-order valence-electron chi connectivity index (χ3n) is 3.91. The van der Waals surface area contributed by atoms with Crippen LogP contribution in [-0.4, -0.2) is 9.78 Å². The Bertz CT molecular complexity index is 818. The molecule has 3 heteroatoms. The largest absolute Gasteiger partial charge is 0.233 e. The lowest BCUT2D eigenvalue weighted by molar-refractivity contribution is 0.910. The molecule has 0 saturated heterocycles. The molecule has 0 unspecified atom stereocenters. The Kier molecular flexibility index (Phi) is 2.37. The number of benzene rings is 2. The Morgan fingerprint density at radius 3 is 2.60 bits per heavy atom. The van der Waals surface area contributed by atoms with E-state index in [0.717, 1.165) is 17.1 Å². The number of nitrogens with zero attached hydrogens (tertiary/aromatic N) is 3. The van der Waals surface area contributed by atoms with Crippen LogP contribution in [0.4, 0.5) is 0 Å². The summed E-state index contributed by atoms with van der Waals surface area (Å²) in [6.07, 6.45) is 4.55. The van der Waals surface area contributed by atoms with E-state index in [0.29, 0.717) is 5.56 Å². The number of rotatable bonds is 2. The van der Waals surface area contributed by atoms with Gasteiger partial charge in [0.15, 0.2) is 0 Å². The Labute approximate surface area is 117 Å². The van der Waals surface area contributed by atoms with Gasteiger partial charge < -0.3 is 0 Å². The van der Waals surface area contributed by atoms with Gasteiger partial charge in [-0.15, -0.1) is 0 Å². The van der Waals surface area contributed by atoms with Crippen LogP contribution in [0.1, 0.15) is 29.9 Å². The minimum atomic E-state index is 0.670. The molecule has 1 saturated carbocycles. The van der Waals surface area contributed by atoms with Crippen molar-refractivity contribution in [1.82, 2.24) is 9.78 Å². The van der Waals surface area contributed by atoms with E-state index in [-0.39, 0.29) is 0 Å². The van der Waals surface area contributed by atoms with Gasteiger partial charge in [0.1, 0.15) is 0 Å². The van der Waals surface area contributed by atoms with Gasteiger partial charge in [-0.3, -0.25) is 0 Å². The Morgan fingerprint density at radius 2 is 1.90 bits per heavy atom. The second kappa shape index (κ2) is 4.21. The van der Waals surface area contributed by atoms with Crippen LogP contribution in [0.3, 0.4) is 0 Å². The summed E-state index contributed by atoms with van der Waals surface area (Å²) < 4.78 is 1.95. The van der Waals surface area contributed by atoms with Gasteiger partial charge in [0, 0.05) is 5.39 Å². The van der Waals surface area contributed by atoms with Crippen molar-refractivity contribution in [1.29, 1.82) is 5.26 Å². The molecule has 0 spiro atoms. The molecular weight excluding hydrogens is 246 g/mol. The third-order valence-corrected chi connectivity index (χ3v) is 3.91. The van der Waals surface area contributed by atoms with Crippen molar-refractivity contribution in [3.05, 3.63) is 59.8 Å². The van der Waals surface area contributed by atoms with E-state index >= 15 is 0 Å². The first-order valence-corrected chi connectivity index (χ1v) is 6.84. The molecule has 1 aliphatic carbocycles. The fourth-order valence-electron chi connectivity index (χ4n) is 2.71. The summed E-state index contributed by atoms with van der Waals surface area (Å²) in [5.74, 6) is 0.720. The average Bonchev–Trinajstić information content (AvgIpc) is 3.26. The number of fused-ring (bicyclic) bond motifs is 1. The molecule has 0 N–H and O–H groups in total. The standard InChI is InChI=1S/C17H13N3/c18-10-12-4-8-14(9-5-12)20-17-3-1-2-15(13-6-7-13)16(17)11-19-20/h1-5,8-9,11,13H,6-7H2. The second-order valence-electron chi connectivity index (χ2n) is 5.27. The van der Waals surface area contributed by atoms with Crippen LogP contribution in [-0.2, 0) is 0 Å². The van der Waals surface area contributed by atoms with Gasteiger partial charge in [-0.1, -0.05) is 12.1 Å². The third kappa shape index (κ3) is 1.70. The molecule has 3 aromatic rings. The number of aromatic nitrogens is 2. The highest BCUT2D eigenvalue weighted by atomic mass is 15.3. The van der Waals surface area contributed by atoms with Crippen molar-refractivity contribution >= 4 is 10.9 Å². The quantitative estimate of drug-likeness (QED) is 0.703. The summed E-state index contributed by atoms with van der Waals surface area (Å²) in [7, 11) is 0. The normalized spacial score (nSPS) is 14.3. The van der Waals surface area contributed by atoms with Gasteiger partial charge in [0.05, 0.1) is 29.0 Å². The molecule has 4 rings (SSSR count). The fourth-order valence-corrected chi connectivity index (χ4v) is 2.71. The van der Waals surface area contributed by atoms with Gasteiger partial charge in [-0.2, -0.15) is 10.4 Å². The molecule has 2 aromatic carbocycles. The predicted molar refractivity (Wildman–Crippen MR) is 77.8 cm³/mol. The SMILES string of the molecule is N#Cc1ccc(-n2ncc3c(C4CC4)cccc32)cc1. The molecule has 1 aliphatic rings. The van der Waals surface area contributed by atoms with Crippen LogP contribution < -0.4 is 0 Å². The Morgan fingerprint density at radius 1 is 1.10 bits per heavy atom. The molecule has 1 fully saturated rings. The first-order chi connectivity index (χ1) is 9.86. The highest BCUT2D eigenvalue weighted by Crippen LogP contribution is 2.43. The summed E-state index contributed by atoms with van der Waals surface area (Å²) in [5.41, 5.74) is 4.22. The van der Waals surface area contributed by atoms with Gasteiger partial charge >= 0.3 is 0 Å². The van der Waals surface area contributed by atoms with Crippen LogP contribution in [0, 0.1) is 11.3 Å². The molecule has 20 heavy (non-hydrogen) atoms. The molecule has 0 amide bonds. The molecule has 3 nitrogen and oxygen atoms in total. The van der Waals surface area contributed by atoms with Crippen molar-refractivity contribution in [2.75, 3.05) is 0 Å². The molecule has 1 heterocycles. The summed E-state index contributed by atoms with van der Waals surface area (Å²) in [5, 5.41) is 14.6. The molecule has 0 radical (unpaired) electrons. The summed E-state index contributed by atoms with van der Waals surface area (Å²) in [6, 6.07) is 16.1. The van der Waals surface area contributed by atoms with E-state index in [2.05, 4.69) is 29.4 Å². The monoisotopic (exact) mass is 259 g/mol. The van der Waals surface area contributed by atoms with E-state index in [1.54, 1.807) is 0 Å². The van der Waals surface area contributed by atoms with Gasteiger partial charge in [-0.25, -0.2) is 4.68 Å². The van der Waals surface area contributed by atoms with E-state index in [9.17, 15) is 0 Å². The second-order valence-corrected chi connectivity index (χ2v) is 5.27. The minimum Gasteiger partial charge on any atom is -0.233 e. The lowest BCUT2D eigenvalue weighted by atomic mass is 10.1. The van der Waals surface area contributed by atoms with Crippen LogP contribution in [0.5, 0.6) is 0 Å². The zero-order valence-corrected chi connectivity index (χ0v) is 11.0. The first kappa shape index (κ1) is 11.2. The van der Waals surface area contributed by atoms with Crippen LogP contribution >= 0.6 is 0 Å². The van der Waals surface area contributed by atoms with Gasteiger partial charge in [-0.05, 0) is 54.7 Å². The van der Waals surface area contributed by atoms with E-state index < -0.39 is 0 Å². The molecule has 96 valence electrons. The highest BCUT2D eigenvalue weighted by Gasteiger charge is 2.25. The summed E-state index contributed by atoms with van der Waals surface area (Å²) in [6.45, 7) is 0. The van der Waals surface area contributed by atoms with Crippen molar-refractivity contribution in [3.8, 4) is 11.8 Å². The summed E-state index contributed by atoms with van der Waals surface area (Å²) >= 11 is 0. The smallest absolute Gasteiger partial charge is 0.0991 e. The summed E-state index contributed by atoms with van der Waals surface area (Å²) in [4.78, 5) is 0. The van der Waals surface area contributed by atoms with E-state index in [4.69, 9.17) is 5.26 Å². The maximum absolute atomic E-state index is 8.86. The molecule has 0 bridgehead atoms. The zero-order valence-electron chi connectivity index (χ0n) is 11.0. The molecule has 1 aromatic heterocycles. The van der Waals surface area contributed by atoms with Crippen molar-refractivity contribution < 1.29 is 0 Å². The zero-order chi connectivity index (χ0) is 13.5. The van der Waals surface area contributed by atoms with E-state index in [1.807, 2.05) is 35.1 Å². The minimum absolute atomic E-state index is 0.670. The topological polar surface area (TPSA) is 41.6 Å². The van der Waals surface area contributed by atoms with Crippen molar-refractivity contribution in [3.63, 3.8) is 0 Å². The Hall–Kier alpha value is -2.60. The molecule has 0 aliphatic heterocycles. The van der Waals surface area contributed by atoms with E-state index in [1.165, 1.54) is 23.8 Å². The number of nitriles is 1. The lowest BCUT2D eigenvalue weighted by Gasteiger charge is -2.05. The van der Waals surface area contributed by atoms with Gasteiger partial charge in [0.2, 0.25) is 0 Å². The maximum Gasteiger partial charge on any atom is 0.0991 e. The highest BCUT2D eigenvalue weighted by molar-refractivity contribution is 5.84. The first-order valence-electron chi connectivity index (χ1n) is 6.84.